The van der Waals surface area contributed by atoms with Gasteiger partial charge in [0, 0.05) is 50.8 Å². The van der Waals surface area contributed by atoms with Crippen molar-refractivity contribution in [2.45, 2.75) is 19.9 Å². The highest BCUT2D eigenvalue weighted by Gasteiger charge is 2.47. The van der Waals surface area contributed by atoms with Crippen molar-refractivity contribution in [3.8, 4) is 0 Å². The molecule has 4 rings (SSSR count). The molecule has 1 unspecified atom stereocenters. The monoisotopic (exact) mass is 469 g/mol. The SMILES string of the molecule is Cc1ccc(C)c(/C(O)=C2\C(=O)C(=O)N(c3ccc(N(C)C)cc3)C2c2ccc(N(C)C)cc2)c1. The maximum absolute atomic E-state index is 13.4. The van der Waals surface area contributed by atoms with Crippen LogP contribution in [-0.4, -0.2) is 45.0 Å². The van der Waals surface area contributed by atoms with Gasteiger partial charge in [-0.2, -0.15) is 0 Å². The quantitative estimate of drug-likeness (QED) is 0.321. The molecule has 3 aromatic carbocycles. The van der Waals surface area contributed by atoms with E-state index < -0.39 is 17.7 Å². The minimum Gasteiger partial charge on any atom is -0.507 e. The van der Waals surface area contributed by atoms with E-state index in [4.69, 9.17) is 0 Å². The number of amides is 1. The first kappa shape index (κ1) is 24.1. The zero-order valence-electron chi connectivity index (χ0n) is 21.0. The molecule has 0 aliphatic carbocycles. The van der Waals surface area contributed by atoms with E-state index in [1.165, 1.54) is 4.90 Å². The van der Waals surface area contributed by atoms with Gasteiger partial charge in [-0.15, -0.1) is 0 Å². The lowest BCUT2D eigenvalue weighted by Crippen LogP contribution is -2.29. The topological polar surface area (TPSA) is 64.1 Å². The molecule has 35 heavy (non-hydrogen) atoms. The normalized spacial score (nSPS) is 17.1. The first-order chi connectivity index (χ1) is 16.6. The van der Waals surface area contributed by atoms with E-state index in [-0.39, 0.29) is 11.3 Å². The maximum Gasteiger partial charge on any atom is 0.300 e. The van der Waals surface area contributed by atoms with Crippen molar-refractivity contribution in [1.82, 2.24) is 0 Å². The number of anilines is 3. The third-order valence-electron chi connectivity index (χ3n) is 6.46. The third kappa shape index (κ3) is 4.39. The van der Waals surface area contributed by atoms with Crippen LogP contribution >= 0.6 is 0 Å². The van der Waals surface area contributed by atoms with Crippen molar-refractivity contribution in [3.63, 3.8) is 0 Å². The van der Waals surface area contributed by atoms with Crippen LogP contribution < -0.4 is 14.7 Å². The number of benzene rings is 3. The molecule has 1 aliphatic rings. The fraction of sp³-hybridized carbons (Fsp3) is 0.241. The molecule has 1 saturated heterocycles. The number of hydrogen-bond donors (Lipinski definition) is 1. The van der Waals surface area contributed by atoms with Gasteiger partial charge in [-0.05, 0) is 67.4 Å². The first-order valence-corrected chi connectivity index (χ1v) is 11.5. The predicted molar refractivity (Wildman–Crippen MR) is 142 cm³/mol. The molecule has 1 amide bonds. The molecular formula is C29H31N3O3. The Morgan fingerprint density at radius 3 is 1.89 bits per heavy atom. The van der Waals surface area contributed by atoms with Crippen LogP contribution in [0.5, 0.6) is 0 Å². The highest BCUT2D eigenvalue weighted by Crippen LogP contribution is 2.43. The minimum atomic E-state index is -0.753. The van der Waals surface area contributed by atoms with Crippen LogP contribution in [0.15, 0.2) is 72.3 Å². The summed E-state index contributed by atoms with van der Waals surface area (Å²) in [6, 6.07) is 20.1. The van der Waals surface area contributed by atoms with Crippen LogP contribution in [0.3, 0.4) is 0 Å². The Morgan fingerprint density at radius 2 is 1.34 bits per heavy atom. The summed E-state index contributed by atoms with van der Waals surface area (Å²) in [6.45, 7) is 3.81. The molecule has 6 nitrogen and oxygen atoms in total. The summed E-state index contributed by atoms with van der Waals surface area (Å²) < 4.78 is 0. The number of nitrogens with zero attached hydrogens (tertiary/aromatic N) is 3. The Labute approximate surface area is 206 Å². The number of rotatable bonds is 5. The molecule has 1 N–H and O–H groups in total. The summed E-state index contributed by atoms with van der Waals surface area (Å²) in [6.07, 6.45) is 0. The van der Waals surface area contributed by atoms with E-state index in [9.17, 15) is 14.7 Å². The lowest BCUT2D eigenvalue weighted by molar-refractivity contribution is -0.132. The van der Waals surface area contributed by atoms with Crippen molar-refractivity contribution in [2.75, 3.05) is 42.9 Å². The van der Waals surface area contributed by atoms with Crippen molar-refractivity contribution in [3.05, 3.63) is 94.6 Å². The van der Waals surface area contributed by atoms with Crippen molar-refractivity contribution in [1.29, 1.82) is 0 Å². The number of carbonyl (C=O) groups is 2. The van der Waals surface area contributed by atoms with Gasteiger partial charge in [0.05, 0.1) is 11.6 Å². The van der Waals surface area contributed by atoms with Gasteiger partial charge < -0.3 is 14.9 Å². The van der Waals surface area contributed by atoms with E-state index >= 15 is 0 Å². The average molecular weight is 470 g/mol. The van der Waals surface area contributed by atoms with Gasteiger partial charge in [-0.3, -0.25) is 14.5 Å². The standard InChI is InChI=1S/C29H31N3O3/c1-18-7-8-19(2)24(17-18)27(33)25-26(20-9-11-21(12-10-20)30(3)4)32(29(35)28(25)34)23-15-13-22(14-16-23)31(5)6/h7-17,26,33H,1-6H3/b27-25+. The molecule has 0 spiro atoms. The summed E-state index contributed by atoms with van der Waals surface area (Å²) >= 11 is 0. The summed E-state index contributed by atoms with van der Waals surface area (Å²) in [5.74, 6) is -1.50. The first-order valence-electron chi connectivity index (χ1n) is 11.5. The van der Waals surface area contributed by atoms with Crippen molar-refractivity contribution < 1.29 is 14.7 Å². The predicted octanol–water partition coefficient (Wildman–Crippen LogP) is 5.06. The van der Waals surface area contributed by atoms with E-state index in [0.717, 1.165) is 28.1 Å². The number of hydrogen-bond acceptors (Lipinski definition) is 5. The molecule has 1 fully saturated rings. The Morgan fingerprint density at radius 1 is 0.800 bits per heavy atom. The van der Waals surface area contributed by atoms with E-state index in [2.05, 4.69) is 0 Å². The number of aliphatic hydroxyl groups is 1. The zero-order valence-corrected chi connectivity index (χ0v) is 21.0. The summed E-state index contributed by atoms with van der Waals surface area (Å²) in [5, 5.41) is 11.4. The minimum absolute atomic E-state index is 0.0954. The number of carbonyl (C=O) groups excluding carboxylic acids is 2. The summed E-state index contributed by atoms with van der Waals surface area (Å²) in [5.41, 5.74) is 5.76. The van der Waals surface area contributed by atoms with Crippen LogP contribution in [0.25, 0.3) is 5.76 Å². The van der Waals surface area contributed by atoms with Crippen LogP contribution in [0, 0.1) is 13.8 Å². The van der Waals surface area contributed by atoms with Gasteiger partial charge in [0.15, 0.2) is 0 Å². The lowest BCUT2D eigenvalue weighted by atomic mass is 9.93. The van der Waals surface area contributed by atoms with Crippen molar-refractivity contribution >= 4 is 34.5 Å². The van der Waals surface area contributed by atoms with Gasteiger partial charge >= 0.3 is 0 Å². The Balaban J connectivity index is 1.93. The smallest absolute Gasteiger partial charge is 0.300 e. The number of aliphatic hydroxyl groups excluding tert-OH is 1. The average Bonchev–Trinajstić information content (AvgIpc) is 3.10. The molecule has 0 saturated carbocycles. The Bertz CT molecular complexity index is 1310. The van der Waals surface area contributed by atoms with Gasteiger partial charge in [0.25, 0.3) is 11.7 Å². The van der Waals surface area contributed by atoms with Gasteiger partial charge in [0.2, 0.25) is 0 Å². The molecule has 1 heterocycles. The largest absolute Gasteiger partial charge is 0.507 e. The van der Waals surface area contributed by atoms with Crippen LogP contribution in [-0.2, 0) is 9.59 Å². The molecule has 0 bridgehead atoms. The zero-order chi connectivity index (χ0) is 25.4. The highest BCUT2D eigenvalue weighted by atomic mass is 16.3. The molecule has 3 aromatic rings. The molecule has 1 aliphatic heterocycles. The number of ketones is 1. The van der Waals surface area contributed by atoms with Gasteiger partial charge in [0.1, 0.15) is 5.76 Å². The van der Waals surface area contributed by atoms with Crippen LogP contribution in [0.2, 0.25) is 0 Å². The second-order valence-electron chi connectivity index (χ2n) is 9.38. The number of aryl methyl sites for hydroxylation is 2. The van der Waals surface area contributed by atoms with Crippen molar-refractivity contribution in [2.24, 2.45) is 0 Å². The second kappa shape index (κ2) is 9.29. The van der Waals surface area contributed by atoms with Crippen LogP contribution in [0.4, 0.5) is 17.1 Å². The fourth-order valence-electron chi connectivity index (χ4n) is 4.42. The maximum atomic E-state index is 13.4. The second-order valence-corrected chi connectivity index (χ2v) is 9.38. The number of Topliss-reactive ketones (excluding diaryl/α,β-unsaturated/α-hetero) is 1. The third-order valence-corrected chi connectivity index (χ3v) is 6.46. The molecule has 1 atom stereocenters. The highest BCUT2D eigenvalue weighted by molar-refractivity contribution is 6.51. The van der Waals surface area contributed by atoms with Gasteiger partial charge in [-0.25, -0.2) is 0 Å². The molecule has 6 heteroatoms. The summed E-state index contributed by atoms with van der Waals surface area (Å²) in [7, 11) is 7.79. The lowest BCUT2D eigenvalue weighted by Gasteiger charge is -2.26. The van der Waals surface area contributed by atoms with Crippen LogP contribution in [0.1, 0.15) is 28.3 Å². The molecule has 0 aromatic heterocycles. The Kier molecular flexibility index (Phi) is 6.39. The summed E-state index contributed by atoms with van der Waals surface area (Å²) in [4.78, 5) is 32.2. The van der Waals surface area contributed by atoms with Gasteiger partial charge in [-0.1, -0.05) is 29.8 Å². The Hall–Kier alpha value is -4.06. The van der Waals surface area contributed by atoms with E-state index in [0.29, 0.717) is 11.3 Å². The van der Waals surface area contributed by atoms with E-state index in [1.54, 1.807) is 0 Å². The molecule has 0 radical (unpaired) electrons. The molecular weight excluding hydrogens is 438 g/mol. The molecule has 180 valence electrons. The van der Waals surface area contributed by atoms with E-state index in [1.807, 2.05) is 119 Å². The fourth-order valence-corrected chi connectivity index (χ4v) is 4.42.